The fraction of sp³-hybridized carbons (Fsp3) is 0.278. The van der Waals surface area contributed by atoms with E-state index in [-0.39, 0.29) is 18.0 Å². The van der Waals surface area contributed by atoms with E-state index in [1.807, 2.05) is 24.1 Å². The summed E-state index contributed by atoms with van der Waals surface area (Å²) in [7, 11) is 1.94. The minimum absolute atomic E-state index is 0. The molecule has 1 aliphatic rings. The summed E-state index contributed by atoms with van der Waals surface area (Å²) < 4.78 is 30.0. The predicted octanol–water partition coefficient (Wildman–Crippen LogP) is 3.60. The van der Waals surface area contributed by atoms with Crippen molar-refractivity contribution in [1.29, 1.82) is 0 Å². The fourth-order valence-electron chi connectivity index (χ4n) is 3.52. The summed E-state index contributed by atoms with van der Waals surface area (Å²) in [6, 6.07) is 10.2. The molecule has 0 amide bonds. The largest absolute Gasteiger partial charge is 0.319 e. The minimum atomic E-state index is -2.61. The van der Waals surface area contributed by atoms with Crippen molar-refractivity contribution in [3.8, 4) is 5.69 Å². The zero-order valence-electron chi connectivity index (χ0n) is 13.7. The molecule has 0 bridgehead atoms. The van der Waals surface area contributed by atoms with Gasteiger partial charge in [0.15, 0.2) is 0 Å². The molecule has 0 spiro atoms. The average molecular weight is 366 g/mol. The number of aromatic nitrogens is 2. The Labute approximate surface area is 149 Å². The summed E-state index contributed by atoms with van der Waals surface area (Å²) in [4.78, 5) is 14.1. The quantitative estimate of drug-likeness (QED) is 0.694. The number of likely N-dealkylation sites (N-methyl/N-ethyl adjacent to an activating group) is 1. The first kappa shape index (κ1) is 17.6. The second-order valence-corrected chi connectivity index (χ2v) is 6.17. The van der Waals surface area contributed by atoms with Gasteiger partial charge in [0.05, 0.1) is 11.2 Å². The van der Waals surface area contributed by atoms with Crippen LogP contribution < -0.4 is 5.56 Å². The van der Waals surface area contributed by atoms with Crippen LogP contribution in [0.3, 0.4) is 0 Å². The van der Waals surface area contributed by atoms with Crippen molar-refractivity contribution in [2.45, 2.75) is 19.5 Å². The first-order chi connectivity index (χ1) is 11.6. The van der Waals surface area contributed by atoms with Gasteiger partial charge >= 0.3 is 6.55 Å². The molecule has 3 heterocycles. The lowest BCUT2D eigenvalue weighted by molar-refractivity contribution is 0.0691. The van der Waals surface area contributed by atoms with Gasteiger partial charge in [0.1, 0.15) is 0 Å². The molecular formula is C18H18ClF2N3O. The Bertz CT molecular complexity index is 980. The molecule has 25 heavy (non-hydrogen) atoms. The Morgan fingerprint density at radius 1 is 1.16 bits per heavy atom. The van der Waals surface area contributed by atoms with Crippen LogP contribution in [0.5, 0.6) is 0 Å². The molecule has 0 aliphatic carbocycles. The molecule has 0 radical (unpaired) electrons. The van der Waals surface area contributed by atoms with Gasteiger partial charge in [-0.3, -0.25) is 13.9 Å². The molecule has 7 heteroatoms. The highest BCUT2D eigenvalue weighted by molar-refractivity contribution is 5.87. The third kappa shape index (κ3) is 2.85. The number of pyridine rings is 1. The Morgan fingerprint density at radius 3 is 2.68 bits per heavy atom. The number of hydrogen-bond acceptors (Lipinski definition) is 2. The maximum atomic E-state index is 13.7. The van der Waals surface area contributed by atoms with Crippen LogP contribution in [0.4, 0.5) is 8.78 Å². The second-order valence-electron chi connectivity index (χ2n) is 6.17. The highest BCUT2D eigenvalue weighted by atomic mass is 35.5. The van der Waals surface area contributed by atoms with E-state index in [1.54, 1.807) is 24.4 Å². The van der Waals surface area contributed by atoms with E-state index in [1.165, 1.54) is 10.6 Å². The zero-order valence-corrected chi connectivity index (χ0v) is 14.5. The van der Waals surface area contributed by atoms with Crippen LogP contribution in [-0.4, -0.2) is 27.6 Å². The summed E-state index contributed by atoms with van der Waals surface area (Å²) in [5, 5.41) is 0.853. The van der Waals surface area contributed by atoms with E-state index >= 15 is 0 Å². The number of hydrogen-bond donors (Lipinski definition) is 0. The molecule has 0 fully saturated rings. The van der Waals surface area contributed by atoms with Crippen molar-refractivity contribution < 1.29 is 8.78 Å². The fourth-order valence-corrected chi connectivity index (χ4v) is 3.52. The van der Waals surface area contributed by atoms with Gasteiger partial charge in [-0.25, -0.2) is 0 Å². The normalized spacial score (nSPS) is 14.6. The number of alkyl halides is 2. The van der Waals surface area contributed by atoms with Crippen LogP contribution in [0.25, 0.3) is 16.6 Å². The van der Waals surface area contributed by atoms with Gasteiger partial charge in [-0.15, -0.1) is 12.4 Å². The van der Waals surface area contributed by atoms with Crippen molar-refractivity contribution in [1.82, 2.24) is 14.0 Å². The number of benzene rings is 1. The summed E-state index contributed by atoms with van der Waals surface area (Å²) in [6.45, 7) is -1.24. The predicted molar refractivity (Wildman–Crippen MR) is 96.1 cm³/mol. The van der Waals surface area contributed by atoms with Gasteiger partial charge in [0, 0.05) is 36.4 Å². The summed E-state index contributed by atoms with van der Waals surface area (Å²) >= 11 is 0. The molecule has 132 valence electrons. The Balaban J connectivity index is 0.00000182. The van der Waals surface area contributed by atoms with E-state index in [2.05, 4.69) is 0 Å². The third-order valence-corrected chi connectivity index (χ3v) is 4.66. The number of nitrogens with zero attached hydrogens (tertiary/aromatic N) is 3. The molecule has 2 aromatic heterocycles. The number of fused-ring (bicyclic) bond motifs is 3. The van der Waals surface area contributed by atoms with Crippen molar-refractivity contribution >= 4 is 23.3 Å². The van der Waals surface area contributed by atoms with E-state index in [9.17, 15) is 13.6 Å². The van der Waals surface area contributed by atoms with Crippen LogP contribution in [0.15, 0.2) is 47.4 Å². The molecule has 1 aromatic carbocycles. The molecule has 0 atom stereocenters. The van der Waals surface area contributed by atoms with Crippen molar-refractivity contribution in [3.63, 3.8) is 0 Å². The SMILES string of the molecule is CN1CCc2c(n(C(F)F)c3cc(-n4ccccc4=O)ccc23)C1.Cl. The molecule has 0 unspecified atom stereocenters. The molecule has 1 aliphatic heterocycles. The van der Waals surface area contributed by atoms with Gasteiger partial charge in [-0.2, -0.15) is 8.78 Å². The molecule has 0 saturated carbocycles. The lowest BCUT2D eigenvalue weighted by Crippen LogP contribution is -2.27. The van der Waals surface area contributed by atoms with Crippen LogP contribution in [-0.2, 0) is 13.0 Å². The third-order valence-electron chi connectivity index (χ3n) is 4.66. The van der Waals surface area contributed by atoms with Gasteiger partial charge in [0.25, 0.3) is 5.56 Å². The first-order valence-electron chi connectivity index (χ1n) is 7.86. The molecule has 4 rings (SSSR count). The Hall–Kier alpha value is -2.18. The highest BCUT2D eigenvalue weighted by Crippen LogP contribution is 2.34. The van der Waals surface area contributed by atoms with Gasteiger partial charge < -0.3 is 4.90 Å². The second kappa shape index (κ2) is 6.61. The maximum Gasteiger partial charge on any atom is 0.319 e. The van der Waals surface area contributed by atoms with Crippen LogP contribution in [0, 0.1) is 0 Å². The van der Waals surface area contributed by atoms with E-state index in [4.69, 9.17) is 0 Å². The molecule has 4 nitrogen and oxygen atoms in total. The summed E-state index contributed by atoms with van der Waals surface area (Å²) in [6.07, 6.45) is 2.40. The minimum Gasteiger partial charge on any atom is -0.300 e. The summed E-state index contributed by atoms with van der Waals surface area (Å²) in [5.74, 6) is 0. The first-order valence-corrected chi connectivity index (χ1v) is 7.86. The van der Waals surface area contributed by atoms with E-state index in [0.717, 1.165) is 28.5 Å². The monoisotopic (exact) mass is 365 g/mol. The topological polar surface area (TPSA) is 30.2 Å². The smallest absolute Gasteiger partial charge is 0.300 e. The Morgan fingerprint density at radius 2 is 1.96 bits per heavy atom. The van der Waals surface area contributed by atoms with E-state index < -0.39 is 6.55 Å². The molecule has 3 aromatic rings. The van der Waals surface area contributed by atoms with Crippen LogP contribution in [0.1, 0.15) is 17.8 Å². The average Bonchev–Trinajstić information content (AvgIpc) is 2.87. The lowest BCUT2D eigenvalue weighted by Gasteiger charge is -2.24. The molecule has 0 N–H and O–H groups in total. The number of rotatable bonds is 2. The Kier molecular flexibility index (Phi) is 4.67. The van der Waals surface area contributed by atoms with Gasteiger partial charge in [0.2, 0.25) is 0 Å². The lowest BCUT2D eigenvalue weighted by atomic mass is 10.0. The standard InChI is InChI=1S/C18H17F2N3O.ClH/c1-21-9-7-14-13-6-5-12(22-8-3-2-4-17(22)24)10-15(13)23(18(19)20)16(14)11-21;/h2-6,8,10,18H,7,9,11H2,1H3;1H. The van der Waals surface area contributed by atoms with Crippen LogP contribution >= 0.6 is 12.4 Å². The van der Waals surface area contributed by atoms with Gasteiger partial charge in [-0.1, -0.05) is 12.1 Å². The van der Waals surface area contributed by atoms with Crippen molar-refractivity contribution in [2.24, 2.45) is 0 Å². The van der Waals surface area contributed by atoms with E-state index in [0.29, 0.717) is 23.4 Å². The maximum absolute atomic E-state index is 13.7. The van der Waals surface area contributed by atoms with Gasteiger partial charge in [-0.05, 0) is 37.2 Å². The van der Waals surface area contributed by atoms with Crippen molar-refractivity contribution in [3.05, 3.63) is 64.2 Å². The summed E-state index contributed by atoms with van der Waals surface area (Å²) in [5.41, 5.74) is 2.56. The van der Waals surface area contributed by atoms with Crippen LogP contribution in [0.2, 0.25) is 0 Å². The molecule has 0 saturated heterocycles. The molecular weight excluding hydrogens is 348 g/mol. The van der Waals surface area contributed by atoms with Crippen molar-refractivity contribution in [2.75, 3.05) is 13.6 Å². The zero-order chi connectivity index (χ0) is 16.8. The highest BCUT2D eigenvalue weighted by Gasteiger charge is 2.26. The number of halogens is 3.